The average Bonchev–Trinajstić information content (AvgIpc) is 1.89. The average molecular weight is 155 g/mol. The molecule has 0 aromatic rings. The van der Waals surface area contributed by atoms with Gasteiger partial charge in [0.05, 0.1) is 19.8 Å². The monoisotopic (exact) mass is 154 g/mol. The Kier molecular flexibility index (Phi) is 8.32. The zero-order chi connectivity index (χ0) is 6.95. The molecule has 0 aliphatic rings. The number of alkyl halides is 1. The lowest BCUT2D eigenvalue weighted by atomic mass is 10.8. The summed E-state index contributed by atoms with van der Waals surface area (Å²) in [7, 11) is 0. The maximum atomic E-state index is 8.22. The van der Waals surface area contributed by atoms with E-state index in [1.807, 2.05) is 0 Å². The summed E-state index contributed by atoms with van der Waals surface area (Å²) < 4.78 is 9.57. The van der Waals surface area contributed by atoms with Gasteiger partial charge in [-0.25, -0.2) is 0 Å². The van der Waals surface area contributed by atoms with Crippen molar-refractivity contribution in [2.75, 3.05) is 32.5 Å². The zero-order valence-electron chi connectivity index (χ0n) is 5.18. The summed E-state index contributed by atoms with van der Waals surface area (Å²) in [6.45, 7) is 1.06. The fraction of sp³-hybridized carbons (Fsp3) is 1.00. The van der Waals surface area contributed by atoms with Crippen LogP contribution in [0.25, 0.3) is 0 Å². The Balaban J connectivity index is 2.60. The van der Waals surface area contributed by atoms with Gasteiger partial charge in [-0.05, 0) is 0 Å². The molecule has 4 heteroatoms. The van der Waals surface area contributed by atoms with E-state index < -0.39 is 0 Å². The van der Waals surface area contributed by atoms with Crippen molar-refractivity contribution in [3.8, 4) is 0 Å². The highest BCUT2D eigenvalue weighted by molar-refractivity contribution is 6.17. The first-order valence-corrected chi connectivity index (χ1v) is 3.27. The number of hydrogen-bond donors (Lipinski definition) is 1. The van der Waals surface area contributed by atoms with Gasteiger partial charge in [-0.15, -0.1) is 11.6 Å². The van der Waals surface area contributed by atoms with Crippen LogP contribution in [0.1, 0.15) is 0 Å². The smallest absolute Gasteiger partial charge is 0.146 e. The Morgan fingerprint density at radius 1 is 1.22 bits per heavy atom. The van der Waals surface area contributed by atoms with E-state index >= 15 is 0 Å². The molecule has 0 bridgehead atoms. The van der Waals surface area contributed by atoms with Crippen molar-refractivity contribution in [1.82, 2.24) is 0 Å². The van der Waals surface area contributed by atoms with Crippen LogP contribution in [0.15, 0.2) is 0 Å². The molecule has 1 N–H and O–H groups in total. The Hall–Kier alpha value is 0.170. The molecule has 0 fully saturated rings. The highest BCUT2D eigenvalue weighted by Crippen LogP contribution is 1.79. The van der Waals surface area contributed by atoms with Crippen molar-refractivity contribution in [1.29, 1.82) is 0 Å². The van der Waals surface area contributed by atoms with Crippen LogP contribution in [0, 0.1) is 0 Å². The minimum absolute atomic E-state index is 0.0320. The van der Waals surface area contributed by atoms with E-state index in [-0.39, 0.29) is 13.4 Å². The molecule has 0 aliphatic heterocycles. The van der Waals surface area contributed by atoms with Gasteiger partial charge in [-0.1, -0.05) is 0 Å². The summed E-state index contributed by atoms with van der Waals surface area (Å²) >= 11 is 5.28. The number of halogens is 1. The molecule has 0 spiro atoms. The molecule has 0 aliphatic carbocycles. The molecule has 0 heterocycles. The van der Waals surface area contributed by atoms with Crippen LogP contribution in [0.5, 0.6) is 0 Å². The maximum absolute atomic E-state index is 8.22. The third kappa shape index (κ3) is 8.17. The third-order valence-corrected chi connectivity index (χ3v) is 0.778. The van der Waals surface area contributed by atoms with Crippen LogP contribution in [0.2, 0.25) is 0 Å². The number of aliphatic hydroxyl groups excluding tert-OH is 1. The lowest BCUT2D eigenvalue weighted by Crippen LogP contribution is -2.05. The van der Waals surface area contributed by atoms with Gasteiger partial charge in [0.2, 0.25) is 0 Å². The van der Waals surface area contributed by atoms with Crippen LogP contribution < -0.4 is 0 Å². The van der Waals surface area contributed by atoms with Crippen molar-refractivity contribution >= 4 is 11.6 Å². The van der Waals surface area contributed by atoms with Gasteiger partial charge < -0.3 is 14.6 Å². The highest BCUT2D eigenvalue weighted by Gasteiger charge is 1.84. The third-order valence-electron chi connectivity index (χ3n) is 0.624. The van der Waals surface area contributed by atoms with Crippen LogP contribution in [0.4, 0.5) is 0 Å². The van der Waals surface area contributed by atoms with Crippen molar-refractivity contribution in [2.45, 2.75) is 0 Å². The quantitative estimate of drug-likeness (QED) is 0.338. The van der Waals surface area contributed by atoms with Gasteiger partial charge in [0, 0.05) is 5.88 Å². The second kappa shape index (κ2) is 8.17. The molecule has 0 saturated heterocycles. The van der Waals surface area contributed by atoms with Crippen molar-refractivity contribution < 1.29 is 14.6 Å². The molecule has 0 amide bonds. The predicted molar refractivity (Wildman–Crippen MR) is 34.6 cm³/mol. The van der Waals surface area contributed by atoms with Crippen molar-refractivity contribution in [3.63, 3.8) is 0 Å². The number of rotatable bonds is 6. The van der Waals surface area contributed by atoms with Crippen LogP contribution in [0.3, 0.4) is 0 Å². The molecular weight excluding hydrogens is 144 g/mol. The second-order valence-electron chi connectivity index (χ2n) is 1.35. The first kappa shape index (κ1) is 9.17. The van der Waals surface area contributed by atoms with Crippen molar-refractivity contribution in [2.24, 2.45) is 0 Å². The Morgan fingerprint density at radius 3 is 2.44 bits per heavy atom. The lowest BCUT2D eigenvalue weighted by Gasteiger charge is -2.00. The lowest BCUT2D eigenvalue weighted by molar-refractivity contribution is -0.0575. The maximum Gasteiger partial charge on any atom is 0.146 e. The summed E-state index contributed by atoms with van der Waals surface area (Å²) in [5.41, 5.74) is 0. The Morgan fingerprint density at radius 2 is 1.89 bits per heavy atom. The van der Waals surface area contributed by atoms with Gasteiger partial charge >= 0.3 is 0 Å². The van der Waals surface area contributed by atoms with E-state index in [2.05, 4.69) is 0 Å². The van der Waals surface area contributed by atoms with E-state index in [1.165, 1.54) is 0 Å². The van der Waals surface area contributed by atoms with Crippen molar-refractivity contribution in [3.05, 3.63) is 0 Å². The first-order valence-electron chi connectivity index (χ1n) is 2.74. The number of ether oxygens (including phenoxy) is 2. The fourth-order valence-corrected chi connectivity index (χ4v) is 0.405. The van der Waals surface area contributed by atoms with E-state index in [0.29, 0.717) is 19.1 Å². The molecule has 0 rings (SSSR count). The van der Waals surface area contributed by atoms with Crippen LogP contribution >= 0.6 is 11.6 Å². The molecule has 56 valence electrons. The molecule has 3 nitrogen and oxygen atoms in total. The van der Waals surface area contributed by atoms with E-state index in [4.69, 9.17) is 26.2 Å². The molecule has 0 saturated carbocycles. The highest BCUT2D eigenvalue weighted by atomic mass is 35.5. The topological polar surface area (TPSA) is 38.7 Å². The second-order valence-corrected chi connectivity index (χ2v) is 1.72. The molecule has 0 unspecified atom stereocenters. The Labute approximate surface area is 59.5 Å². The van der Waals surface area contributed by atoms with E-state index in [0.717, 1.165) is 0 Å². The fourth-order valence-electron chi connectivity index (χ4n) is 0.296. The molecule has 0 aromatic carbocycles. The molecule has 0 aromatic heterocycles. The van der Waals surface area contributed by atoms with E-state index in [9.17, 15) is 0 Å². The normalized spacial score (nSPS) is 10.0. The number of hydrogen-bond acceptors (Lipinski definition) is 3. The SMILES string of the molecule is OCCOCOCCCl. The van der Waals surface area contributed by atoms with Crippen LogP contribution in [-0.4, -0.2) is 37.6 Å². The minimum Gasteiger partial charge on any atom is -0.394 e. The van der Waals surface area contributed by atoms with Gasteiger partial charge in [0.15, 0.2) is 0 Å². The first-order chi connectivity index (χ1) is 4.41. The Bertz CT molecular complexity index is 45.5. The summed E-state index contributed by atoms with van der Waals surface area (Å²) in [4.78, 5) is 0. The molecule has 0 atom stereocenters. The van der Waals surface area contributed by atoms with Gasteiger partial charge in [-0.2, -0.15) is 0 Å². The summed E-state index contributed by atoms with van der Waals surface area (Å²) in [6.07, 6.45) is 0. The standard InChI is InChI=1S/C5H11ClO3/c6-1-3-8-5-9-4-2-7/h7H,1-5H2. The summed E-state index contributed by atoms with van der Waals surface area (Å²) in [6, 6.07) is 0. The minimum atomic E-state index is 0.0320. The van der Waals surface area contributed by atoms with Gasteiger partial charge in [0.25, 0.3) is 0 Å². The predicted octanol–water partition coefficient (Wildman–Crippen LogP) is 0.208. The van der Waals surface area contributed by atoms with Gasteiger partial charge in [-0.3, -0.25) is 0 Å². The van der Waals surface area contributed by atoms with Crippen LogP contribution in [-0.2, 0) is 9.47 Å². The molecule has 0 radical (unpaired) electrons. The number of aliphatic hydroxyl groups is 1. The van der Waals surface area contributed by atoms with E-state index in [1.54, 1.807) is 0 Å². The van der Waals surface area contributed by atoms with Gasteiger partial charge in [0.1, 0.15) is 6.79 Å². The molecule has 9 heavy (non-hydrogen) atoms. The zero-order valence-corrected chi connectivity index (χ0v) is 5.93. The molecular formula is C5H11ClO3. The summed E-state index contributed by atoms with van der Waals surface area (Å²) in [5, 5.41) is 8.22. The summed E-state index contributed by atoms with van der Waals surface area (Å²) in [5.74, 6) is 0.475. The largest absolute Gasteiger partial charge is 0.394 e.